The molecule has 132 valence electrons. The summed E-state index contributed by atoms with van der Waals surface area (Å²) >= 11 is 0. The molecule has 7 heteroatoms. The van der Waals surface area contributed by atoms with Crippen LogP contribution in [0.4, 0.5) is 5.69 Å². The molecule has 2 aromatic carbocycles. The van der Waals surface area contributed by atoms with Crippen LogP contribution in [0.5, 0.6) is 11.5 Å². The van der Waals surface area contributed by atoms with Crippen LogP contribution in [0.15, 0.2) is 65.5 Å². The lowest BCUT2D eigenvalue weighted by Crippen LogP contribution is -2.24. The van der Waals surface area contributed by atoms with E-state index in [1.54, 1.807) is 42.5 Å². The van der Waals surface area contributed by atoms with Gasteiger partial charge >= 0.3 is 0 Å². The summed E-state index contributed by atoms with van der Waals surface area (Å²) in [6.07, 6.45) is 0. The Morgan fingerprint density at radius 2 is 1.77 bits per heavy atom. The summed E-state index contributed by atoms with van der Waals surface area (Å²) in [4.78, 5) is 24.7. The van der Waals surface area contributed by atoms with Gasteiger partial charge in [-0.25, -0.2) is 0 Å². The molecule has 26 heavy (non-hydrogen) atoms. The lowest BCUT2D eigenvalue weighted by Gasteiger charge is -2.12. The smallest absolute Gasteiger partial charge is 0.276 e. The molecule has 0 saturated carbocycles. The Morgan fingerprint density at radius 3 is 2.46 bits per heavy atom. The number of nitrogens with one attached hydrogen (secondary N) is 1. The van der Waals surface area contributed by atoms with Gasteiger partial charge in [0, 0.05) is 12.1 Å². The van der Waals surface area contributed by atoms with Gasteiger partial charge in [0.25, 0.3) is 11.5 Å². The van der Waals surface area contributed by atoms with Gasteiger partial charge in [-0.05, 0) is 30.3 Å². The Morgan fingerprint density at radius 1 is 1.00 bits per heavy atom. The molecule has 1 heterocycles. The molecule has 0 bridgehead atoms. The number of para-hydroxylation sites is 1. The third-order valence-electron chi connectivity index (χ3n) is 3.69. The summed E-state index contributed by atoms with van der Waals surface area (Å²) in [6, 6.07) is 16.6. The van der Waals surface area contributed by atoms with Gasteiger partial charge < -0.3 is 14.8 Å². The zero-order valence-corrected chi connectivity index (χ0v) is 14.3. The van der Waals surface area contributed by atoms with Gasteiger partial charge in [0.1, 0.15) is 17.2 Å². The molecule has 0 aliphatic heterocycles. The number of rotatable bonds is 5. The number of aromatic nitrogens is 2. The van der Waals surface area contributed by atoms with Gasteiger partial charge in [-0.3, -0.25) is 9.59 Å². The molecule has 0 spiro atoms. The van der Waals surface area contributed by atoms with Crippen molar-refractivity contribution in [3.05, 3.63) is 76.7 Å². The van der Waals surface area contributed by atoms with E-state index in [2.05, 4.69) is 10.4 Å². The molecule has 0 atom stereocenters. The summed E-state index contributed by atoms with van der Waals surface area (Å²) < 4.78 is 11.6. The topological polar surface area (TPSA) is 82.5 Å². The third-order valence-corrected chi connectivity index (χ3v) is 3.69. The fourth-order valence-corrected chi connectivity index (χ4v) is 2.38. The maximum atomic E-state index is 12.6. The van der Waals surface area contributed by atoms with E-state index in [0.717, 1.165) is 0 Å². The first kappa shape index (κ1) is 17.2. The number of carbonyl (C=O) groups excluding carboxylic acids is 1. The summed E-state index contributed by atoms with van der Waals surface area (Å²) in [5.41, 5.74) is 0.784. The molecule has 0 aliphatic carbocycles. The summed E-state index contributed by atoms with van der Waals surface area (Å²) in [5.74, 6) is 0.583. The number of hydrogen-bond acceptors (Lipinski definition) is 5. The highest BCUT2D eigenvalue weighted by molar-refractivity contribution is 6.03. The predicted molar refractivity (Wildman–Crippen MR) is 97.3 cm³/mol. The van der Waals surface area contributed by atoms with Crippen molar-refractivity contribution in [3.63, 3.8) is 0 Å². The molecule has 0 saturated heterocycles. The van der Waals surface area contributed by atoms with E-state index in [-0.39, 0.29) is 11.3 Å². The average molecular weight is 351 g/mol. The van der Waals surface area contributed by atoms with Crippen LogP contribution >= 0.6 is 0 Å². The van der Waals surface area contributed by atoms with Crippen molar-refractivity contribution in [2.75, 3.05) is 19.5 Å². The van der Waals surface area contributed by atoms with Gasteiger partial charge in [-0.2, -0.15) is 9.78 Å². The first-order valence-corrected chi connectivity index (χ1v) is 7.81. The number of hydrogen-bond donors (Lipinski definition) is 1. The van der Waals surface area contributed by atoms with Crippen LogP contribution in [0.3, 0.4) is 0 Å². The van der Waals surface area contributed by atoms with Crippen molar-refractivity contribution in [1.82, 2.24) is 9.78 Å². The van der Waals surface area contributed by atoms with Crippen molar-refractivity contribution in [2.45, 2.75) is 0 Å². The lowest BCUT2D eigenvalue weighted by molar-refractivity contribution is 0.102. The minimum atomic E-state index is -0.471. The highest BCUT2D eigenvalue weighted by atomic mass is 16.5. The van der Waals surface area contributed by atoms with E-state index >= 15 is 0 Å². The minimum absolute atomic E-state index is 0.0957. The van der Waals surface area contributed by atoms with Crippen LogP contribution in [-0.2, 0) is 0 Å². The maximum Gasteiger partial charge on any atom is 0.276 e. The van der Waals surface area contributed by atoms with Crippen molar-refractivity contribution in [3.8, 4) is 17.2 Å². The number of carbonyl (C=O) groups is 1. The van der Waals surface area contributed by atoms with Gasteiger partial charge in [-0.15, -0.1) is 0 Å². The van der Waals surface area contributed by atoms with Gasteiger partial charge in [0.15, 0.2) is 0 Å². The van der Waals surface area contributed by atoms with Crippen molar-refractivity contribution < 1.29 is 14.3 Å². The average Bonchev–Trinajstić information content (AvgIpc) is 2.68. The quantitative estimate of drug-likeness (QED) is 0.764. The highest BCUT2D eigenvalue weighted by Crippen LogP contribution is 2.29. The summed E-state index contributed by atoms with van der Waals surface area (Å²) in [5, 5.41) is 6.89. The molecule has 3 rings (SSSR count). The van der Waals surface area contributed by atoms with E-state index < -0.39 is 5.91 Å². The van der Waals surface area contributed by atoms with E-state index in [1.165, 1.54) is 31.0 Å². The molecule has 0 aliphatic rings. The van der Waals surface area contributed by atoms with E-state index in [0.29, 0.717) is 22.9 Å². The Kier molecular flexibility index (Phi) is 4.98. The first-order chi connectivity index (χ1) is 12.6. The second-order valence-corrected chi connectivity index (χ2v) is 5.32. The molecular weight excluding hydrogens is 334 g/mol. The zero-order chi connectivity index (χ0) is 18.5. The fourth-order valence-electron chi connectivity index (χ4n) is 2.38. The molecule has 1 aromatic heterocycles. The number of methoxy groups -OCH3 is 2. The van der Waals surface area contributed by atoms with E-state index in [9.17, 15) is 9.59 Å². The number of amides is 1. The highest BCUT2D eigenvalue weighted by Gasteiger charge is 2.14. The Balaban J connectivity index is 1.93. The molecule has 3 aromatic rings. The minimum Gasteiger partial charge on any atom is -0.497 e. The molecule has 0 fully saturated rings. The van der Waals surface area contributed by atoms with Crippen molar-refractivity contribution >= 4 is 11.6 Å². The monoisotopic (exact) mass is 351 g/mol. The van der Waals surface area contributed by atoms with Crippen LogP contribution in [0.1, 0.15) is 10.5 Å². The Bertz CT molecular complexity index is 984. The molecular formula is C19H17N3O4. The number of nitrogens with zero attached hydrogens (tertiary/aromatic N) is 2. The van der Waals surface area contributed by atoms with Crippen LogP contribution < -0.4 is 20.3 Å². The van der Waals surface area contributed by atoms with Crippen LogP contribution in [0.25, 0.3) is 5.69 Å². The Labute approximate surface area is 149 Å². The summed E-state index contributed by atoms with van der Waals surface area (Å²) in [7, 11) is 3.04. The molecule has 0 unspecified atom stereocenters. The lowest BCUT2D eigenvalue weighted by atomic mass is 10.2. The number of anilines is 1. The number of benzene rings is 2. The second-order valence-electron chi connectivity index (χ2n) is 5.32. The predicted octanol–water partition coefficient (Wildman–Crippen LogP) is 2.50. The SMILES string of the molecule is COc1ccc(OC)c(NC(=O)c2ccc(=O)n(-c3ccccc3)n2)c1. The van der Waals surface area contributed by atoms with E-state index in [1.807, 2.05) is 6.07 Å². The zero-order valence-electron chi connectivity index (χ0n) is 14.3. The molecule has 1 N–H and O–H groups in total. The van der Waals surface area contributed by atoms with Crippen LogP contribution in [0.2, 0.25) is 0 Å². The van der Waals surface area contributed by atoms with Gasteiger partial charge in [0.2, 0.25) is 0 Å². The normalized spacial score (nSPS) is 10.2. The third kappa shape index (κ3) is 3.56. The Hall–Kier alpha value is -3.61. The standard InChI is InChI=1S/C19H17N3O4/c1-25-14-8-10-17(26-2)16(12-14)20-19(24)15-9-11-18(23)22(21-15)13-6-4-3-5-7-13/h3-12H,1-2H3,(H,20,24). The van der Waals surface area contributed by atoms with Crippen molar-refractivity contribution in [2.24, 2.45) is 0 Å². The van der Waals surface area contributed by atoms with Crippen molar-refractivity contribution in [1.29, 1.82) is 0 Å². The molecule has 0 radical (unpaired) electrons. The molecule has 7 nitrogen and oxygen atoms in total. The number of ether oxygens (including phenoxy) is 2. The van der Waals surface area contributed by atoms with Gasteiger partial charge in [-0.1, -0.05) is 18.2 Å². The van der Waals surface area contributed by atoms with Crippen LogP contribution in [-0.4, -0.2) is 29.9 Å². The fraction of sp³-hybridized carbons (Fsp3) is 0.105. The van der Waals surface area contributed by atoms with Gasteiger partial charge in [0.05, 0.1) is 25.6 Å². The summed E-state index contributed by atoms with van der Waals surface area (Å²) in [6.45, 7) is 0. The maximum absolute atomic E-state index is 12.6. The largest absolute Gasteiger partial charge is 0.497 e. The first-order valence-electron chi connectivity index (χ1n) is 7.81. The van der Waals surface area contributed by atoms with E-state index in [4.69, 9.17) is 9.47 Å². The van der Waals surface area contributed by atoms with Crippen LogP contribution in [0, 0.1) is 0 Å². The molecule has 1 amide bonds. The second kappa shape index (κ2) is 7.52.